The van der Waals surface area contributed by atoms with E-state index in [0.29, 0.717) is 0 Å². The molecule has 2 heterocycles. The van der Waals surface area contributed by atoms with Crippen LogP contribution in [0, 0.1) is 6.92 Å². The number of ether oxygens (including phenoxy) is 1. The first-order valence-electron chi connectivity index (χ1n) is 6.84. The monoisotopic (exact) mass is 299 g/mol. The predicted molar refractivity (Wildman–Crippen MR) is 87.3 cm³/mol. The minimum atomic E-state index is 0.816. The lowest BCUT2D eigenvalue weighted by molar-refractivity contribution is 0.415. The number of anilines is 1. The summed E-state index contributed by atoms with van der Waals surface area (Å²) in [5.41, 5.74) is 1.09. The number of hydrogen-bond acceptors (Lipinski definition) is 5. The molecule has 0 fully saturated rings. The van der Waals surface area contributed by atoms with Crippen molar-refractivity contribution >= 4 is 27.9 Å². The first kappa shape index (κ1) is 13.8. The third kappa shape index (κ3) is 3.13. The van der Waals surface area contributed by atoms with Gasteiger partial charge in [0.25, 0.3) is 0 Å². The van der Waals surface area contributed by atoms with Crippen LogP contribution in [0.3, 0.4) is 0 Å². The molecule has 5 heteroatoms. The van der Waals surface area contributed by atoms with Crippen LogP contribution < -0.4 is 10.1 Å². The normalized spacial score (nSPS) is 10.8. The van der Waals surface area contributed by atoms with Gasteiger partial charge in [-0.25, -0.2) is 9.97 Å². The Hall–Kier alpha value is -2.14. The van der Waals surface area contributed by atoms with E-state index in [-0.39, 0.29) is 0 Å². The first-order valence-corrected chi connectivity index (χ1v) is 7.72. The van der Waals surface area contributed by atoms with Gasteiger partial charge in [-0.3, -0.25) is 0 Å². The van der Waals surface area contributed by atoms with E-state index in [4.69, 9.17) is 4.74 Å². The molecular formula is C16H17N3OS. The molecule has 4 nitrogen and oxygen atoms in total. The number of aromatic nitrogens is 2. The Morgan fingerprint density at radius 2 is 2.19 bits per heavy atom. The Morgan fingerprint density at radius 1 is 1.29 bits per heavy atom. The van der Waals surface area contributed by atoms with E-state index in [1.807, 2.05) is 37.4 Å². The molecule has 3 aromatic rings. The molecule has 0 spiro atoms. The van der Waals surface area contributed by atoms with E-state index < -0.39 is 0 Å². The maximum Gasteiger partial charge on any atom is 0.133 e. The number of nitrogens with one attached hydrogen (secondary N) is 1. The van der Waals surface area contributed by atoms with Gasteiger partial charge in [-0.2, -0.15) is 0 Å². The fourth-order valence-corrected chi connectivity index (χ4v) is 3.00. The van der Waals surface area contributed by atoms with Crippen molar-refractivity contribution in [2.24, 2.45) is 0 Å². The van der Waals surface area contributed by atoms with Crippen LogP contribution in [-0.4, -0.2) is 23.6 Å². The summed E-state index contributed by atoms with van der Waals surface area (Å²) in [6, 6.07) is 8.03. The number of fused-ring (bicyclic) bond motifs is 1. The zero-order valence-electron chi connectivity index (χ0n) is 12.1. The zero-order valence-corrected chi connectivity index (χ0v) is 12.9. The fraction of sp³-hybridized carbons (Fsp3) is 0.250. The molecule has 0 amide bonds. The van der Waals surface area contributed by atoms with Crippen molar-refractivity contribution in [2.75, 3.05) is 19.0 Å². The molecule has 2 aromatic heterocycles. The van der Waals surface area contributed by atoms with Crippen LogP contribution in [0.2, 0.25) is 0 Å². The van der Waals surface area contributed by atoms with Gasteiger partial charge in [-0.05, 0) is 30.5 Å². The van der Waals surface area contributed by atoms with E-state index >= 15 is 0 Å². The van der Waals surface area contributed by atoms with E-state index in [1.54, 1.807) is 18.4 Å². The van der Waals surface area contributed by atoms with Crippen molar-refractivity contribution in [3.63, 3.8) is 0 Å². The number of thiazole rings is 1. The first-order chi connectivity index (χ1) is 10.3. The number of benzene rings is 1. The van der Waals surface area contributed by atoms with Crippen LogP contribution in [0.15, 0.2) is 35.8 Å². The number of aryl methyl sites for hydroxylation is 1. The molecule has 0 saturated heterocycles. The zero-order chi connectivity index (χ0) is 14.7. The van der Waals surface area contributed by atoms with Crippen LogP contribution in [0.1, 0.15) is 10.7 Å². The highest BCUT2D eigenvalue weighted by Crippen LogP contribution is 2.25. The molecule has 21 heavy (non-hydrogen) atoms. The van der Waals surface area contributed by atoms with Crippen LogP contribution in [0.5, 0.6) is 5.75 Å². The average molecular weight is 299 g/mol. The second kappa shape index (κ2) is 6.10. The number of hydrogen-bond donors (Lipinski definition) is 1. The molecule has 0 atom stereocenters. The number of methoxy groups -OCH3 is 1. The van der Waals surface area contributed by atoms with Gasteiger partial charge < -0.3 is 10.1 Å². The maximum absolute atomic E-state index is 5.29. The molecule has 0 unspecified atom stereocenters. The molecule has 3 rings (SSSR count). The topological polar surface area (TPSA) is 47.0 Å². The van der Waals surface area contributed by atoms with Crippen molar-refractivity contribution < 1.29 is 4.74 Å². The average Bonchev–Trinajstić information content (AvgIpc) is 2.92. The minimum absolute atomic E-state index is 0.816. The van der Waals surface area contributed by atoms with Gasteiger partial charge >= 0.3 is 0 Å². The van der Waals surface area contributed by atoms with Gasteiger partial charge in [0.05, 0.1) is 12.1 Å². The molecule has 0 saturated carbocycles. The van der Waals surface area contributed by atoms with Crippen molar-refractivity contribution in [1.82, 2.24) is 9.97 Å². The summed E-state index contributed by atoms with van der Waals surface area (Å²) < 4.78 is 5.29. The van der Waals surface area contributed by atoms with Crippen LogP contribution >= 0.6 is 11.3 Å². The number of rotatable bonds is 5. The Morgan fingerprint density at radius 3 is 2.95 bits per heavy atom. The van der Waals surface area contributed by atoms with Gasteiger partial charge in [0.1, 0.15) is 11.6 Å². The highest BCUT2D eigenvalue weighted by molar-refractivity contribution is 7.09. The molecular weight excluding hydrogens is 282 g/mol. The van der Waals surface area contributed by atoms with Gasteiger partial charge in [0, 0.05) is 35.6 Å². The lowest BCUT2D eigenvalue weighted by atomic mass is 10.1. The second-order valence-electron chi connectivity index (χ2n) is 4.81. The summed E-state index contributed by atoms with van der Waals surface area (Å²) >= 11 is 1.70. The molecule has 108 valence electrons. The Bertz CT molecular complexity index is 754. The standard InChI is InChI=1S/C16H17N3OS/c1-11-10-21-15(19-11)6-8-18-16-14-9-13(20-2)4-3-12(14)5-7-17-16/h3-5,7,9-10H,6,8H2,1-2H3,(H,17,18). The second-order valence-corrected chi connectivity index (χ2v) is 5.75. The molecule has 0 aliphatic heterocycles. The summed E-state index contributed by atoms with van der Waals surface area (Å²) in [5.74, 6) is 1.73. The van der Waals surface area contributed by atoms with E-state index in [1.165, 1.54) is 0 Å². The summed E-state index contributed by atoms with van der Waals surface area (Å²) in [4.78, 5) is 8.90. The summed E-state index contributed by atoms with van der Waals surface area (Å²) in [5, 5.41) is 8.85. The Balaban J connectivity index is 1.76. The lowest BCUT2D eigenvalue weighted by Crippen LogP contribution is -2.06. The summed E-state index contributed by atoms with van der Waals surface area (Å²) in [6.07, 6.45) is 2.73. The summed E-state index contributed by atoms with van der Waals surface area (Å²) in [6.45, 7) is 2.84. The summed E-state index contributed by atoms with van der Waals surface area (Å²) in [7, 11) is 1.68. The molecule has 1 N–H and O–H groups in total. The van der Waals surface area contributed by atoms with Crippen molar-refractivity contribution in [2.45, 2.75) is 13.3 Å². The Kier molecular flexibility index (Phi) is 4.01. The molecule has 0 bridgehead atoms. The SMILES string of the molecule is COc1ccc2ccnc(NCCc3nc(C)cs3)c2c1. The van der Waals surface area contributed by atoms with Crippen LogP contribution in [0.4, 0.5) is 5.82 Å². The van der Waals surface area contributed by atoms with Crippen LogP contribution in [0.25, 0.3) is 10.8 Å². The maximum atomic E-state index is 5.29. The lowest BCUT2D eigenvalue weighted by Gasteiger charge is -2.09. The van der Waals surface area contributed by atoms with E-state index in [9.17, 15) is 0 Å². The Labute approximate surface area is 127 Å². The van der Waals surface area contributed by atoms with Gasteiger partial charge in [0.2, 0.25) is 0 Å². The molecule has 0 aliphatic rings. The van der Waals surface area contributed by atoms with Gasteiger partial charge in [-0.1, -0.05) is 6.07 Å². The van der Waals surface area contributed by atoms with E-state index in [0.717, 1.165) is 46.0 Å². The van der Waals surface area contributed by atoms with Gasteiger partial charge in [0.15, 0.2) is 0 Å². The minimum Gasteiger partial charge on any atom is -0.497 e. The van der Waals surface area contributed by atoms with Crippen molar-refractivity contribution in [1.29, 1.82) is 0 Å². The largest absolute Gasteiger partial charge is 0.497 e. The smallest absolute Gasteiger partial charge is 0.133 e. The van der Waals surface area contributed by atoms with Crippen LogP contribution in [-0.2, 0) is 6.42 Å². The highest BCUT2D eigenvalue weighted by atomic mass is 32.1. The molecule has 0 aliphatic carbocycles. The third-order valence-corrected chi connectivity index (χ3v) is 4.30. The fourth-order valence-electron chi connectivity index (χ4n) is 2.22. The third-order valence-electron chi connectivity index (χ3n) is 3.27. The number of nitrogens with zero attached hydrogens (tertiary/aromatic N) is 2. The molecule has 1 aromatic carbocycles. The molecule has 0 radical (unpaired) electrons. The van der Waals surface area contributed by atoms with E-state index in [2.05, 4.69) is 20.7 Å². The van der Waals surface area contributed by atoms with Crippen molar-refractivity contribution in [3.05, 3.63) is 46.5 Å². The highest BCUT2D eigenvalue weighted by Gasteiger charge is 2.04. The van der Waals surface area contributed by atoms with Gasteiger partial charge in [-0.15, -0.1) is 11.3 Å². The quantitative estimate of drug-likeness (QED) is 0.781. The van der Waals surface area contributed by atoms with Crippen molar-refractivity contribution in [3.8, 4) is 5.75 Å². The predicted octanol–water partition coefficient (Wildman–Crippen LogP) is 3.66. The number of pyridine rings is 1.